The summed E-state index contributed by atoms with van der Waals surface area (Å²) in [5, 5.41) is 4.36. The van der Waals surface area contributed by atoms with Gasteiger partial charge >= 0.3 is 0 Å². The van der Waals surface area contributed by atoms with Crippen molar-refractivity contribution in [1.82, 2.24) is 14.7 Å². The van der Waals surface area contributed by atoms with Crippen LogP contribution in [-0.2, 0) is 11.3 Å². The fourth-order valence-corrected chi connectivity index (χ4v) is 3.11. The Balaban J connectivity index is 0.00000192. The molecule has 1 saturated carbocycles. The molecule has 1 aliphatic carbocycles. The lowest BCUT2D eigenvalue weighted by atomic mass is 9.97. The van der Waals surface area contributed by atoms with Gasteiger partial charge in [-0.25, -0.2) is 4.68 Å². The predicted molar refractivity (Wildman–Crippen MR) is 92.7 cm³/mol. The maximum atomic E-state index is 12.5. The first-order chi connectivity index (χ1) is 10.6. The Morgan fingerprint density at radius 1 is 1.30 bits per heavy atom. The lowest BCUT2D eigenvalue weighted by Crippen LogP contribution is -2.52. The number of para-hydroxylation sites is 1. The van der Waals surface area contributed by atoms with Crippen molar-refractivity contribution in [3.05, 3.63) is 48.3 Å². The van der Waals surface area contributed by atoms with Gasteiger partial charge in [0.1, 0.15) is 0 Å². The smallest absolute Gasteiger partial charge is 0.242 e. The summed E-state index contributed by atoms with van der Waals surface area (Å²) in [4.78, 5) is 14.2. The van der Waals surface area contributed by atoms with Gasteiger partial charge in [-0.3, -0.25) is 4.79 Å². The van der Waals surface area contributed by atoms with Crippen LogP contribution in [0.2, 0.25) is 0 Å². The Morgan fingerprint density at radius 3 is 2.61 bits per heavy atom. The van der Waals surface area contributed by atoms with Gasteiger partial charge < -0.3 is 10.6 Å². The largest absolute Gasteiger partial charge is 0.340 e. The lowest BCUT2D eigenvalue weighted by molar-refractivity contribution is -0.136. The van der Waals surface area contributed by atoms with Gasteiger partial charge in [-0.15, -0.1) is 12.4 Å². The Hall–Kier alpha value is -1.85. The molecular formula is C17H23ClN4O. The molecule has 1 aromatic heterocycles. The molecule has 1 aromatic carbocycles. The summed E-state index contributed by atoms with van der Waals surface area (Å²) < 4.78 is 1.82. The van der Waals surface area contributed by atoms with E-state index in [1.54, 1.807) is 11.1 Å². The first-order valence-corrected chi connectivity index (χ1v) is 7.72. The number of benzene rings is 1. The van der Waals surface area contributed by atoms with E-state index < -0.39 is 5.54 Å². The van der Waals surface area contributed by atoms with Crippen LogP contribution in [0, 0.1) is 0 Å². The van der Waals surface area contributed by atoms with Gasteiger partial charge in [0.2, 0.25) is 5.91 Å². The summed E-state index contributed by atoms with van der Waals surface area (Å²) >= 11 is 0. The zero-order valence-electron chi connectivity index (χ0n) is 13.3. The Labute approximate surface area is 142 Å². The molecule has 1 amide bonds. The van der Waals surface area contributed by atoms with Gasteiger partial charge in [0, 0.05) is 25.4 Å². The van der Waals surface area contributed by atoms with Crippen LogP contribution < -0.4 is 5.73 Å². The van der Waals surface area contributed by atoms with Crippen LogP contribution in [0.3, 0.4) is 0 Å². The van der Waals surface area contributed by atoms with Crippen LogP contribution in [-0.4, -0.2) is 33.2 Å². The minimum Gasteiger partial charge on any atom is -0.340 e. The van der Waals surface area contributed by atoms with E-state index in [9.17, 15) is 4.79 Å². The van der Waals surface area contributed by atoms with E-state index in [0.717, 1.165) is 36.9 Å². The molecule has 0 radical (unpaired) electrons. The molecule has 0 aliphatic heterocycles. The highest BCUT2D eigenvalue weighted by atomic mass is 35.5. The number of likely N-dealkylation sites (N-methyl/N-ethyl adjacent to an activating group) is 1. The normalized spacial score (nSPS) is 15.9. The van der Waals surface area contributed by atoms with Crippen LogP contribution in [0.15, 0.2) is 42.7 Å². The van der Waals surface area contributed by atoms with E-state index >= 15 is 0 Å². The quantitative estimate of drug-likeness (QED) is 0.934. The fraction of sp³-hybridized carbons (Fsp3) is 0.412. The number of hydrogen-bond donors (Lipinski definition) is 1. The predicted octanol–water partition coefficient (Wildman–Crippen LogP) is 2.52. The van der Waals surface area contributed by atoms with Gasteiger partial charge in [-0.2, -0.15) is 5.10 Å². The van der Waals surface area contributed by atoms with Gasteiger partial charge in [-0.05, 0) is 25.0 Å². The third kappa shape index (κ3) is 3.74. The molecular weight excluding hydrogens is 312 g/mol. The van der Waals surface area contributed by atoms with E-state index in [1.165, 1.54) is 0 Å². The van der Waals surface area contributed by atoms with Gasteiger partial charge in [0.15, 0.2) is 0 Å². The zero-order valence-corrected chi connectivity index (χ0v) is 14.1. The molecule has 124 valence electrons. The molecule has 1 aliphatic rings. The summed E-state index contributed by atoms with van der Waals surface area (Å²) in [5.41, 5.74) is 7.59. The van der Waals surface area contributed by atoms with Crippen molar-refractivity contribution in [3.63, 3.8) is 0 Å². The fourth-order valence-electron chi connectivity index (χ4n) is 3.11. The maximum Gasteiger partial charge on any atom is 0.242 e. The number of carbonyl (C=O) groups is 1. The molecule has 1 fully saturated rings. The van der Waals surface area contributed by atoms with Gasteiger partial charge in [0.05, 0.1) is 17.4 Å². The van der Waals surface area contributed by atoms with Crippen molar-refractivity contribution in [1.29, 1.82) is 0 Å². The zero-order chi connectivity index (χ0) is 15.6. The second-order valence-corrected chi connectivity index (χ2v) is 6.15. The number of amides is 1. The third-order valence-electron chi connectivity index (χ3n) is 4.34. The monoisotopic (exact) mass is 334 g/mol. The third-order valence-corrected chi connectivity index (χ3v) is 4.34. The van der Waals surface area contributed by atoms with Crippen molar-refractivity contribution < 1.29 is 4.79 Å². The number of hydrogen-bond acceptors (Lipinski definition) is 3. The molecule has 6 heteroatoms. The van der Waals surface area contributed by atoms with Crippen LogP contribution in [0.1, 0.15) is 31.2 Å². The Morgan fingerprint density at radius 2 is 1.96 bits per heavy atom. The van der Waals surface area contributed by atoms with E-state index in [0.29, 0.717) is 6.54 Å². The summed E-state index contributed by atoms with van der Waals surface area (Å²) in [5.74, 6) is 0.0393. The van der Waals surface area contributed by atoms with Crippen LogP contribution in [0.25, 0.3) is 5.69 Å². The molecule has 0 atom stereocenters. The lowest BCUT2D eigenvalue weighted by Gasteiger charge is -2.28. The number of nitrogens with two attached hydrogens (primary N) is 1. The standard InChI is InChI=1S/C17H22N4O.ClH/c1-20(16(22)17(18)9-5-6-10-17)12-14-11-19-21(13-14)15-7-3-2-4-8-15;/h2-4,7-8,11,13H,5-6,9-10,12,18H2,1H3;1H. The summed E-state index contributed by atoms with van der Waals surface area (Å²) in [6, 6.07) is 9.93. The minimum atomic E-state index is -0.663. The minimum absolute atomic E-state index is 0. The van der Waals surface area contributed by atoms with Crippen molar-refractivity contribution in [2.45, 2.75) is 37.8 Å². The average Bonchev–Trinajstić information content (AvgIpc) is 3.17. The second-order valence-electron chi connectivity index (χ2n) is 6.15. The molecule has 0 spiro atoms. The van der Waals surface area contributed by atoms with Gasteiger partial charge in [0.25, 0.3) is 0 Å². The molecule has 0 bridgehead atoms. The number of aromatic nitrogens is 2. The molecule has 2 N–H and O–H groups in total. The van der Waals surface area contributed by atoms with Crippen molar-refractivity contribution >= 4 is 18.3 Å². The van der Waals surface area contributed by atoms with Crippen molar-refractivity contribution in [3.8, 4) is 5.69 Å². The number of halogens is 1. The average molecular weight is 335 g/mol. The van der Waals surface area contributed by atoms with E-state index in [2.05, 4.69) is 5.10 Å². The highest BCUT2D eigenvalue weighted by Crippen LogP contribution is 2.29. The highest BCUT2D eigenvalue weighted by Gasteiger charge is 2.38. The summed E-state index contributed by atoms with van der Waals surface area (Å²) in [6.45, 7) is 0.532. The Kier molecular flexibility index (Phi) is 5.44. The van der Waals surface area contributed by atoms with Crippen molar-refractivity contribution in [2.75, 3.05) is 7.05 Å². The number of nitrogens with zero attached hydrogens (tertiary/aromatic N) is 3. The van der Waals surface area contributed by atoms with Crippen LogP contribution in [0.5, 0.6) is 0 Å². The molecule has 3 rings (SSSR count). The van der Waals surface area contributed by atoms with Gasteiger partial charge in [-0.1, -0.05) is 31.0 Å². The first-order valence-electron chi connectivity index (χ1n) is 7.72. The second kappa shape index (κ2) is 7.15. The first kappa shape index (κ1) is 17.5. The SMILES string of the molecule is CN(Cc1cnn(-c2ccccc2)c1)C(=O)C1(N)CCCC1.Cl. The molecule has 1 heterocycles. The highest BCUT2D eigenvalue weighted by molar-refractivity contribution is 5.86. The van der Waals surface area contributed by atoms with Crippen LogP contribution in [0.4, 0.5) is 0 Å². The van der Waals surface area contributed by atoms with Crippen LogP contribution >= 0.6 is 12.4 Å². The topological polar surface area (TPSA) is 64.2 Å². The van der Waals surface area contributed by atoms with E-state index in [-0.39, 0.29) is 18.3 Å². The maximum absolute atomic E-state index is 12.5. The molecule has 23 heavy (non-hydrogen) atoms. The molecule has 0 unspecified atom stereocenters. The summed E-state index contributed by atoms with van der Waals surface area (Å²) in [6.07, 6.45) is 7.43. The number of rotatable bonds is 4. The number of carbonyl (C=O) groups excluding carboxylic acids is 1. The molecule has 2 aromatic rings. The molecule has 5 nitrogen and oxygen atoms in total. The summed E-state index contributed by atoms with van der Waals surface area (Å²) in [7, 11) is 1.81. The van der Waals surface area contributed by atoms with E-state index in [4.69, 9.17) is 5.73 Å². The Bertz CT molecular complexity index is 650. The van der Waals surface area contributed by atoms with E-state index in [1.807, 2.05) is 48.3 Å². The van der Waals surface area contributed by atoms with Crippen molar-refractivity contribution in [2.24, 2.45) is 5.73 Å². The molecule has 0 saturated heterocycles.